The number of halogens is 1. The van der Waals surface area contributed by atoms with Crippen LogP contribution < -0.4 is 5.73 Å². The summed E-state index contributed by atoms with van der Waals surface area (Å²) in [5, 5.41) is 9.46. The number of piperidine rings is 1. The topological polar surface area (TPSA) is 49.5 Å². The van der Waals surface area contributed by atoms with Gasteiger partial charge >= 0.3 is 0 Å². The highest BCUT2D eigenvalue weighted by molar-refractivity contribution is 9.10. The van der Waals surface area contributed by atoms with Crippen LogP contribution in [0.15, 0.2) is 28.7 Å². The van der Waals surface area contributed by atoms with Gasteiger partial charge in [-0.3, -0.25) is 0 Å². The molecule has 1 aromatic rings. The van der Waals surface area contributed by atoms with Gasteiger partial charge in [0.1, 0.15) is 0 Å². The Hall–Kier alpha value is -0.420. The third-order valence-electron chi connectivity index (χ3n) is 3.62. The zero-order chi connectivity index (χ0) is 13.0. The molecule has 1 fully saturated rings. The van der Waals surface area contributed by atoms with E-state index in [0.29, 0.717) is 0 Å². The SMILES string of the molecule is NC(CCN1CCC(O)CC1)c1ccccc1Br. The van der Waals surface area contributed by atoms with Crippen molar-refractivity contribution < 1.29 is 5.11 Å². The van der Waals surface area contributed by atoms with Crippen LogP contribution in [0.5, 0.6) is 0 Å². The van der Waals surface area contributed by atoms with Crippen LogP contribution in [-0.4, -0.2) is 35.7 Å². The smallest absolute Gasteiger partial charge is 0.0564 e. The first-order valence-corrected chi connectivity index (χ1v) is 7.36. The molecule has 0 aliphatic carbocycles. The lowest BCUT2D eigenvalue weighted by Gasteiger charge is -2.30. The molecule has 1 aliphatic rings. The molecular formula is C14H21BrN2O. The van der Waals surface area contributed by atoms with Crippen molar-refractivity contribution in [2.24, 2.45) is 5.73 Å². The lowest BCUT2D eigenvalue weighted by Crippen LogP contribution is -2.37. The molecule has 0 spiro atoms. The van der Waals surface area contributed by atoms with Crippen molar-refractivity contribution in [1.29, 1.82) is 0 Å². The number of rotatable bonds is 4. The molecule has 1 aromatic carbocycles. The van der Waals surface area contributed by atoms with Crippen molar-refractivity contribution in [3.05, 3.63) is 34.3 Å². The molecule has 2 rings (SSSR count). The third-order valence-corrected chi connectivity index (χ3v) is 4.34. The van der Waals surface area contributed by atoms with Gasteiger partial charge in [0.2, 0.25) is 0 Å². The summed E-state index contributed by atoms with van der Waals surface area (Å²) in [6, 6.07) is 8.22. The average Bonchev–Trinajstić information content (AvgIpc) is 2.38. The van der Waals surface area contributed by atoms with E-state index in [-0.39, 0.29) is 12.1 Å². The summed E-state index contributed by atoms with van der Waals surface area (Å²) in [4.78, 5) is 2.39. The monoisotopic (exact) mass is 312 g/mol. The molecule has 100 valence electrons. The van der Waals surface area contributed by atoms with E-state index in [1.165, 1.54) is 5.56 Å². The molecular weight excluding hydrogens is 292 g/mol. The zero-order valence-corrected chi connectivity index (χ0v) is 12.1. The maximum Gasteiger partial charge on any atom is 0.0564 e. The summed E-state index contributed by atoms with van der Waals surface area (Å²) >= 11 is 3.54. The molecule has 0 bridgehead atoms. The fraction of sp³-hybridized carbons (Fsp3) is 0.571. The molecule has 0 saturated carbocycles. The summed E-state index contributed by atoms with van der Waals surface area (Å²) in [6.07, 6.45) is 2.64. The lowest BCUT2D eigenvalue weighted by atomic mass is 10.0. The number of aliphatic hydroxyl groups is 1. The molecule has 0 amide bonds. The van der Waals surface area contributed by atoms with E-state index >= 15 is 0 Å². The third kappa shape index (κ3) is 3.79. The number of likely N-dealkylation sites (tertiary alicyclic amines) is 1. The summed E-state index contributed by atoms with van der Waals surface area (Å²) in [5.41, 5.74) is 7.41. The van der Waals surface area contributed by atoms with E-state index in [2.05, 4.69) is 26.9 Å². The second-order valence-corrected chi connectivity index (χ2v) is 5.84. The summed E-state index contributed by atoms with van der Waals surface area (Å²) in [5.74, 6) is 0. The minimum atomic E-state index is -0.0989. The van der Waals surface area contributed by atoms with Gasteiger partial charge in [-0.05, 0) is 37.4 Å². The normalized spacial score (nSPS) is 19.9. The molecule has 1 aliphatic heterocycles. The first-order chi connectivity index (χ1) is 8.66. The molecule has 1 unspecified atom stereocenters. The fourth-order valence-corrected chi connectivity index (χ4v) is 2.97. The van der Waals surface area contributed by atoms with Crippen molar-refractivity contribution in [2.45, 2.75) is 31.4 Å². The maximum absolute atomic E-state index is 9.46. The van der Waals surface area contributed by atoms with Crippen molar-refractivity contribution in [3.8, 4) is 0 Å². The number of nitrogens with zero attached hydrogens (tertiary/aromatic N) is 1. The number of hydrogen-bond acceptors (Lipinski definition) is 3. The Labute approximate surface area is 117 Å². The molecule has 1 atom stereocenters. The van der Waals surface area contributed by atoms with Gasteiger partial charge in [-0.25, -0.2) is 0 Å². The van der Waals surface area contributed by atoms with Crippen LogP contribution in [0.3, 0.4) is 0 Å². The number of hydrogen-bond donors (Lipinski definition) is 2. The van der Waals surface area contributed by atoms with E-state index in [1.54, 1.807) is 0 Å². The molecule has 1 saturated heterocycles. The van der Waals surface area contributed by atoms with Gasteiger partial charge in [-0.2, -0.15) is 0 Å². The van der Waals surface area contributed by atoms with E-state index < -0.39 is 0 Å². The van der Waals surface area contributed by atoms with Gasteiger partial charge in [0.15, 0.2) is 0 Å². The molecule has 1 heterocycles. The van der Waals surface area contributed by atoms with E-state index in [0.717, 1.165) is 43.4 Å². The Morgan fingerprint density at radius 3 is 2.67 bits per heavy atom. The van der Waals surface area contributed by atoms with Crippen molar-refractivity contribution in [3.63, 3.8) is 0 Å². The van der Waals surface area contributed by atoms with Crippen LogP contribution in [0.25, 0.3) is 0 Å². The Bertz CT molecular complexity index is 378. The highest BCUT2D eigenvalue weighted by atomic mass is 79.9. The van der Waals surface area contributed by atoms with Crippen molar-refractivity contribution in [1.82, 2.24) is 4.90 Å². The van der Waals surface area contributed by atoms with Crippen LogP contribution in [0, 0.1) is 0 Å². The lowest BCUT2D eigenvalue weighted by molar-refractivity contribution is 0.0812. The molecule has 0 radical (unpaired) electrons. The predicted molar refractivity (Wildman–Crippen MR) is 77.4 cm³/mol. The molecule has 18 heavy (non-hydrogen) atoms. The summed E-state index contributed by atoms with van der Waals surface area (Å²) in [6.45, 7) is 2.99. The Balaban J connectivity index is 1.81. The van der Waals surface area contributed by atoms with Crippen LogP contribution in [0.1, 0.15) is 30.9 Å². The van der Waals surface area contributed by atoms with E-state index in [9.17, 15) is 5.11 Å². The highest BCUT2D eigenvalue weighted by Gasteiger charge is 2.18. The second kappa shape index (κ2) is 6.66. The summed E-state index contributed by atoms with van der Waals surface area (Å²) in [7, 11) is 0. The van der Waals surface area contributed by atoms with Crippen LogP contribution >= 0.6 is 15.9 Å². The standard InChI is InChI=1S/C14H21BrN2O/c15-13-4-2-1-3-12(13)14(16)7-10-17-8-5-11(18)6-9-17/h1-4,11,14,18H,5-10,16H2. The maximum atomic E-state index is 9.46. The van der Waals surface area contributed by atoms with Crippen molar-refractivity contribution in [2.75, 3.05) is 19.6 Å². The molecule has 0 aromatic heterocycles. The number of nitrogens with two attached hydrogens (primary N) is 1. The second-order valence-electron chi connectivity index (χ2n) is 4.99. The van der Waals surface area contributed by atoms with E-state index in [4.69, 9.17) is 5.73 Å². The highest BCUT2D eigenvalue weighted by Crippen LogP contribution is 2.24. The average molecular weight is 313 g/mol. The van der Waals surface area contributed by atoms with Gasteiger partial charge in [0, 0.05) is 23.6 Å². The minimum absolute atomic E-state index is 0.0763. The Morgan fingerprint density at radius 1 is 1.33 bits per heavy atom. The van der Waals surface area contributed by atoms with Gasteiger partial charge in [0.25, 0.3) is 0 Å². The zero-order valence-electron chi connectivity index (χ0n) is 10.6. The van der Waals surface area contributed by atoms with Crippen molar-refractivity contribution >= 4 is 15.9 Å². The Morgan fingerprint density at radius 2 is 2.00 bits per heavy atom. The number of benzene rings is 1. The van der Waals surface area contributed by atoms with Gasteiger partial charge in [0.05, 0.1) is 6.10 Å². The van der Waals surface area contributed by atoms with Gasteiger partial charge in [-0.1, -0.05) is 34.1 Å². The summed E-state index contributed by atoms with van der Waals surface area (Å²) < 4.78 is 1.09. The largest absolute Gasteiger partial charge is 0.393 e. The predicted octanol–water partition coefficient (Wildman–Crippen LogP) is 2.30. The fourth-order valence-electron chi connectivity index (χ4n) is 2.40. The van der Waals surface area contributed by atoms with E-state index in [1.807, 2.05) is 18.2 Å². The quantitative estimate of drug-likeness (QED) is 0.897. The molecule has 3 nitrogen and oxygen atoms in total. The first kappa shape index (κ1) is 14.0. The number of aliphatic hydroxyl groups excluding tert-OH is 1. The van der Waals surface area contributed by atoms with Gasteiger partial charge < -0.3 is 15.7 Å². The van der Waals surface area contributed by atoms with Crippen LogP contribution in [0.2, 0.25) is 0 Å². The van der Waals surface area contributed by atoms with Crippen LogP contribution in [-0.2, 0) is 0 Å². The molecule has 4 heteroatoms. The van der Waals surface area contributed by atoms with Crippen LogP contribution in [0.4, 0.5) is 0 Å². The minimum Gasteiger partial charge on any atom is -0.393 e. The molecule has 3 N–H and O–H groups in total. The van der Waals surface area contributed by atoms with Gasteiger partial charge in [-0.15, -0.1) is 0 Å². The Kier molecular flexibility index (Phi) is 5.18. The first-order valence-electron chi connectivity index (χ1n) is 6.57.